The molecule has 1 aromatic carbocycles. The molecule has 4 rings (SSSR count). The number of aromatic nitrogens is 5. The van der Waals surface area contributed by atoms with Gasteiger partial charge < -0.3 is 14.9 Å². The normalized spacial score (nSPS) is 11.0. The Kier molecular flexibility index (Phi) is 6.01. The van der Waals surface area contributed by atoms with Gasteiger partial charge in [-0.1, -0.05) is 30.0 Å². The number of thiophene rings is 1. The van der Waals surface area contributed by atoms with Gasteiger partial charge in [0.15, 0.2) is 5.16 Å². The summed E-state index contributed by atoms with van der Waals surface area (Å²) >= 11 is 2.80. The summed E-state index contributed by atoms with van der Waals surface area (Å²) in [6, 6.07) is 7.25. The predicted molar refractivity (Wildman–Crippen MR) is 125 cm³/mol. The number of aryl methyl sites for hydroxylation is 2. The Hall–Kier alpha value is -3.24. The van der Waals surface area contributed by atoms with Crippen LogP contribution in [0.2, 0.25) is 0 Å². The molecule has 0 saturated carbocycles. The molecule has 2 N–H and O–H groups in total. The second kappa shape index (κ2) is 8.86. The molecule has 4 aromatic rings. The molecule has 0 fully saturated rings. The number of aromatic amines is 1. The molecule has 0 spiro atoms. The number of thioether (sulfide) groups is 1. The zero-order chi connectivity index (χ0) is 22.0. The Balaban J connectivity index is 1.50. The number of fused-ring (bicyclic) bond motifs is 1. The lowest BCUT2D eigenvalue weighted by Crippen LogP contribution is -2.15. The van der Waals surface area contributed by atoms with E-state index in [0.717, 1.165) is 16.0 Å². The molecular formula is C21H20N6O2S2. The molecule has 10 heteroatoms. The van der Waals surface area contributed by atoms with E-state index in [1.807, 2.05) is 30.5 Å². The van der Waals surface area contributed by atoms with Crippen molar-refractivity contribution in [2.24, 2.45) is 0 Å². The van der Waals surface area contributed by atoms with Crippen molar-refractivity contribution in [1.82, 2.24) is 24.7 Å². The number of amides is 1. The second-order valence-electron chi connectivity index (χ2n) is 6.85. The Bertz CT molecular complexity index is 1340. The minimum atomic E-state index is -0.170. The van der Waals surface area contributed by atoms with E-state index >= 15 is 0 Å². The number of nitrogens with zero attached hydrogens (tertiary/aromatic N) is 4. The third kappa shape index (κ3) is 4.44. The SMILES string of the molecule is C=CCn1cnnc1SCC(=O)Nc1cccc(-c2nc3sc(C)c(C)c3c(=O)[nH]2)c1. The van der Waals surface area contributed by atoms with Gasteiger partial charge in [-0.05, 0) is 31.5 Å². The fourth-order valence-electron chi connectivity index (χ4n) is 3.08. The van der Waals surface area contributed by atoms with Gasteiger partial charge in [0.1, 0.15) is 17.0 Å². The fourth-order valence-corrected chi connectivity index (χ4v) is 4.84. The van der Waals surface area contributed by atoms with Gasteiger partial charge in [-0.2, -0.15) is 0 Å². The predicted octanol–water partition coefficient (Wildman–Crippen LogP) is 3.78. The van der Waals surface area contributed by atoms with Crippen LogP contribution in [-0.2, 0) is 11.3 Å². The highest BCUT2D eigenvalue weighted by atomic mass is 32.2. The van der Waals surface area contributed by atoms with Crippen LogP contribution in [0.15, 0.2) is 53.2 Å². The third-order valence-corrected chi connectivity index (χ3v) is 6.78. The molecule has 158 valence electrons. The maximum atomic E-state index is 12.6. The van der Waals surface area contributed by atoms with Gasteiger partial charge >= 0.3 is 0 Å². The molecule has 0 saturated heterocycles. The van der Waals surface area contributed by atoms with Gasteiger partial charge in [-0.3, -0.25) is 9.59 Å². The first-order valence-electron chi connectivity index (χ1n) is 9.48. The maximum absolute atomic E-state index is 12.6. The number of carbonyl (C=O) groups is 1. The average molecular weight is 453 g/mol. The molecule has 1 amide bonds. The standard InChI is InChI=1S/C21H20N6O2S2/c1-4-8-27-11-22-26-21(27)30-10-16(28)23-15-7-5-6-14(9-15)18-24-19(29)17-12(2)13(3)31-20(17)25-18/h4-7,9,11H,1,8,10H2,2-3H3,(H,23,28)(H,24,25,29). The number of allylic oxidation sites excluding steroid dienone is 1. The smallest absolute Gasteiger partial charge is 0.260 e. The van der Waals surface area contributed by atoms with E-state index in [9.17, 15) is 9.59 Å². The van der Waals surface area contributed by atoms with E-state index in [0.29, 0.717) is 33.4 Å². The third-order valence-electron chi connectivity index (χ3n) is 4.70. The van der Waals surface area contributed by atoms with Crippen LogP contribution in [0.5, 0.6) is 0 Å². The minimum Gasteiger partial charge on any atom is -0.325 e. The number of rotatable bonds is 7. The summed E-state index contributed by atoms with van der Waals surface area (Å²) in [6.45, 7) is 8.19. The lowest BCUT2D eigenvalue weighted by Gasteiger charge is -2.08. The zero-order valence-corrected chi connectivity index (χ0v) is 18.6. The number of hydrogen-bond donors (Lipinski definition) is 2. The molecule has 0 atom stereocenters. The highest BCUT2D eigenvalue weighted by Crippen LogP contribution is 2.28. The number of anilines is 1. The van der Waals surface area contributed by atoms with Gasteiger partial charge in [-0.15, -0.1) is 28.1 Å². The van der Waals surface area contributed by atoms with Gasteiger partial charge in [0.25, 0.3) is 5.56 Å². The van der Waals surface area contributed by atoms with Crippen LogP contribution in [0, 0.1) is 13.8 Å². The molecule has 31 heavy (non-hydrogen) atoms. The van der Waals surface area contributed by atoms with Crippen molar-refractivity contribution in [3.05, 3.63) is 64.0 Å². The van der Waals surface area contributed by atoms with Crippen molar-refractivity contribution in [2.45, 2.75) is 25.5 Å². The molecule has 0 bridgehead atoms. The van der Waals surface area contributed by atoms with E-state index in [2.05, 4.69) is 32.1 Å². The van der Waals surface area contributed by atoms with Crippen molar-refractivity contribution in [3.63, 3.8) is 0 Å². The molecule has 0 aliphatic heterocycles. The molecule has 0 aliphatic rings. The van der Waals surface area contributed by atoms with Gasteiger partial charge in [0.2, 0.25) is 5.91 Å². The van der Waals surface area contributed by atoms with Crippen LogP contribution in [0.3, 0.4) is 0 Å². The summed E-state index contributed by atoms with van der Waals surface area (Å²) in [6.07, 6.45) is 3.35. The molecule has 0 radical (unpaired) electrons. The Morgan fingerprint density at radius 1 is 1.39 bits per heavy atom. The first kappa shape index (κ1) is 21.0. The Morgan fingerprint density at radius 2 is 2.23 bits per heavy atom. The summed E-state index contributed by atoms with van der Waals surface area (Å²) in [5, 5.41) is 12.0. The van der Waals surface area contributed by atoms with E-state index in [-0.39, 0.29) is 17.2 Å². The number of nitrogens with one attached hydrogen (secondary N) is 2. The molecule has 8 nitrogen and oxygen atoms in total. The van der Waals surface area contributed by atoms with Crippen LogP contribution in [0.1, 0.15) is 10.4 Å². The lowest BCUT2D eigenvalue weighted by atomic mass is 10.1. The van der Waals surface area contributed by atoms with Crippen LogP contribution in [0.25, 0.3) is 21.6 Å². The molecular weight excluding hydrogens is 432 g/mol. The number of benzene rings is 1. The van der Waals surface area contributed by atoms with E-state index in [4.69, 9.17) is 0 Å². The summed E-state index contributed by atoms with van der Waals surface area (Å²) in [5.41, 5.74) is 2.15. The van der Waals surface area contributed by atoms with Crippen molar-refractivity contribution in [2.75, 3.05) is 11.1 Å². The van der Waals surface area contributed by atoms with Gasteiger partial charge in [0.05, 0.1) is 11.1 Å². The monoisotopic (exact) mass is 452 g/mol. The van der Waals surface area contributed by atoms with Crippen LogP contribution >= 0.6 is 23.1 Å². The van der Waals surface area contributed by atoms with Crippen LogP contribution in [-0.4, -0.2) is 36.4 Å². The van der Waals surface area contributed by atoms with Crippen LogP contribution in [0.4, 0.5) is 5.69 Å². The summed E-state index contributed by atoms with van der Waals surface area (Å²) in [7, 11) is 0. The van der Waals surface area contributed by atoms with Crippen molar-refractivity contribution >= 4 is 44.9 Å². The first-order chi connectivity index (χ1) is 15.0. The largest absolute Gasteiger partial charge is 0.325 e. The maximum Gasteiger partial charge on any atom is 0.260 e. The number of hydrogen-bond acceptors (Lipinski definition) is 7. The zero-order valence-electron chi connectivity index (χ0n) is 17.0. The molecule has 0 unspecified atom stereocenters. The summed E-state index contributed by atoms with van der Waals surface area (Å²) < 4.78 is 1.82. The van der Waals surface area contributed by atoms with Gasteiger partial charge in [-0.25, -0.2) is 4.98 Å². The van der Waals surface area contributed by atoms with Crippen molar-refractivity contribution in [3.8, 4) is 11.4 Å². The molecule has 3 aromatic heterocycles. The summed E-state index contributed by atoms with van der Waals surface area (Å²) in [5.74, 6) is 0.493. The second-order valence-corrected chi connectivity index (χ2v) is 9.00. The Morgan fingerprint density at radius 3 is 3.03 bits per heavy atom. The highest BCUT2D eigenvalue weighted by molar-refractivity contribution is 7.99. The average Bonchev–Trinajstić information content (AvgIpc) is 3.30. The van der Waals surface area contributed by atoms with Crippen LogP contribution < -0.4 is 10.9 Å². The number of carbonyl (C=O) groups excluding carboxylic acids is 1. The van der Waals surface area contributed by atoms with E-state index < -0.39 is 0 Å². The molecule has 3 heterocycles. The van der Waals surface area contributed by atoms with E-state index in [1.165, 1.54) is 23.1 Å². The quantitative estimate of drug-likeness (QED) is 0.327. The van der Waals surface area contributed by atoms with Crippen molar-refractivity contribution in [1.29, 1.82) is 0 Å². The van der Waals surface area contributed by atoms with Gasteiger partial charge in [0, 0.05) is 22.7 Å². The van der Waals surface area contributed by atoms with E-state index in [1.54, 1.807) is 24.5 Å². The highest BCUT2D eigenvalue weighted by Gasteiger charge is 2.14. The van der Waals surface area contributed by atoms with Crippen molar-refractivity contribution < 1.29 is 4.79 Å². The lowest BCUT2D eigenvalue weighted by molar-refractivity contribution is -0.113. The minimum absolute atomic E-state index is 0.156. The topological polar surface area (TPSA) is 106 Å². The Labute approximate surface area is 186 Å². The summed E-state index contributed by atoms with van der Waals surface area (Å²) in [4.78, 5) is 34.2. The first-order valence-corrected chi connectivity index (χ1v) is 11.3. The molecule has 0 aliphatic carbocycles. The number of H-pyrrole nitrogens is 1. The fraction of sp³-hybridized carbons (Fsp3) is 0.190.